The minimum absolute atomic E-state index is 0. The molecular formula is C26H33Cl2NO. The first-order chi connectivity index (χ1) is 13.6. The van der Waals surface area contributed by atoms with Gasteiger partial charge < -0.3 is 10.1 Å². The first-order valence-corrected chi connectivity index (χ1v) is 10.6. The number of nitrogens with one attached hydrogen (secondary N) is 1. The predicted octanol–water partition coefficient (Wildman–Crippen LogP) is 7.80. The molecule has 0 saturated heterocycles. The lowest BCUT2D eigenvalue weighted by atomic mass is 9.81. The molecule has 2 nitrogen and oxygen atoms in total. The Morgan fingerprint density at radius 2 is 1.53 bits per heavy atom. The van der Waals surface area contributed by atoms with Crippen LogP contribution in [0.2, 0.25) is 5.02 Å². The fourth-order valence-corrected chi connectivity index (χ4v) is 4.22. The van der Waals surface area contributed by atoms with Crippen LogP contribution in [0.5, 0.6) is 5.75 Å². The second-order valence-electron chi connectivity index (χ2n) is 9.65. The van der Waals surface area contributed by atoms with Crippen molar-refractivity contribution in [3.05, 3.63) is 76.8 Å². The Balaban J connectivity index is 0.00000320. The molecule has 0 aliphatic heterocycles. The second kappa shape index (κ2) is 10.0. The highest BCUT2D eigenvalue weighted by molar-refractivity contribution is 6.30. The topological polar surface area (TPSA) is 21.3 Å². The molecule has 0 radical (unpaired) electrons. The van der Waals surface area contributed by atoms with E-state index in [0.29, 0.717) is 6.61 Å². The second-order valence-corrected chi connectivity index (χ2v) is 10.1. The average Bonchev–Trinajstić information content (AvgIpc) is 2.64. The first-order valence-electron chi connectivity index (χ1n) is 10.3. The van der Waals surface area contributed by atoms with Crippen LogP contribution in [0.15, 0.2) is 60.7 Å². The van der Waals surface area contributed by atoms with Gasteiger partial charge in [0.1, 0.15) is 12.4 Å². The third kappa shape index (κ3) is 6.91. The van der Waals surface area contributed by atoms with Gasteiger partial charge in [-0.05, 0) is 60.2 Å². The summed E-state index contributed by atoms with van der Waals surface area (Å²) in [7, 11) is 0. The highest BCUT2D eigenvalue weighted by atomic mass is 35.5. The van der Waals surface area contributed by atoms with Crippen LogP contribution in [0.25, 0.3) is 10.8 Å². The van der Waals surface area contributed by atoms with E-state index < -0.39 is 0 Å². The zero-order chi connectivity index (χ0) is 21.1. The van der Waals surface area contributed by atoms with Gasteiger partial charge in [-0.15, -0.1) is 12.4 Å². The van der Waals surface area contributed by atoms with Crippen molar-refractivity contribution in [3.63, 3.8) is 0 Å². The third-order valence-corrected chi connectivity index (χ3v) is 5.27. The van der Waals surface area contributed by atoms with E-state index in [1.807, 2.05) is 24.3 Å². The molecule has 0 spiro atoms. The van der Waals surface area contributed by atoms with Gasteiger partial charge in [0, 0.05) is 22.7 Å². The van der Waals surface area contributed by atoms with Gasteiger partial charge in [-0.25, -0.2) is 0 Å². The maximum absolute atomic E-state index is 6.25. The van der Waals surface area contributed by atoms with Crippen molar-refractivity contribution in [2.75, 3.05) is 0 Å². The molecule has 3 aromatic rings. The SMILES string of the molecule is CC(C)(C)CC(C)(C)NCc1c(OCc2ccc(Cl)cc2)ccc2ccccc12.Cl. The summed E-state index contributed by atoms with van der Waals surface area (Å²) in [4.78, 5) is 0. The smallest absolute Gasteiger partial charge is 0.124 e. The van der Waals surface area contributed by atoms with Gasteiger partial charge >= 0.3 is 0 Å². The quantitative estimate of drug-likeness (QED) is 0.400. The van der Waals surface area contributed by atoms with Crippen LogP contribution in [0.1, 0.15) is 52.2 Å². The molecule has 0 heterocycles. The van der Waals surface area contributed by atoms with Crippen molar-refractivity contribution in [1.82, 2.24) is 5.32 Å². The molecule has 0 fully saturated rings. The molecule has 162 valence electrons. The molecule has 1 N–H and O–H groups in total. The van der Waals surface area contributed by atoms with E-state index in [1.54, 1.807) is 0 Å². The van der Waals surface area contributed by atoms with Crippen LogP contribution in [0, 0.1) is 5.41 Å². The predicted molar refractivity (Wildman–Crippen MR) is 132 cm³/mol. The van der Waals surface area contributed by atoms with Crippen LogP contribution in [0.4, 0.5) is 0 Å². The molecule has 4 heteroatoms. The van der Waals surface area contributed by atoms with E-state index >= 15 is 0 Å². The van der Waals surface area contributed by atoms with Gasteiger partial charge in [-0.1, -0.05) is 74.8 Å². The van der Waals surface area contributed by atoms with E-state index in [9.17, 15) is 0 Å². The molecule has 0 aromatic heterocycles. The third-order valence-electron chi connectivity index (χ3n) is 5.02. The Hall–Kier alpha value is -1.74. The standard InChI is InChI=1S/C26H32ClNO.ClH/c1-25(2,3)18-26(4,5)28-16-23-22-9-7-6-8-20(22)12-15-24(23)29-17-19-10-13-21(27)14-11-19;/h6-15,28H,16-18H2,1-5H3;1H. The molecule has 3 aromatic carbocycles. The number of fused-ring (bicyclic) bond motifs is 1. The minimum Gasteiger partial charge on any atom is -0.489 e. The van der Waals surface area contributed by atoms with Crippen LogP contribution in [-0.2, 0) is 13.2 Å². The highest BCUT2D eigenvalue weighted by Crippen LogP contribution is 2.31. The molecule has 0 saturated carbocycles. The van der Waals surface area contributed by atoms with E-state index in [-0.39, 0.29) is 23.4 Å². The monoisotopic (exact) mass is 445 g/mol. The maximum Gasteiger partial charge on any atom is 0.124 e. The lowest BCUT2D eigenvalue weighted by Crippen LogP contribution is -2.41. The number of hydrogen-bond acceptors (Lipinski definition) is 2. The van der Waals surface area contributed by atoms with Crippen molar-refractivity contribution in [2.24, 2.45) is 5.41 Å². The van der Waals surface area contributed by atoms with Gasteiger partial charge in [0.05, 0.1) is 0 Å². The summed E-state index contributed by atoms with van der Waals surface area (Å²) >= 11 is 6.00. The Labute approximate surface area is 192 Å². The van der Waals surface area contributed by atoms with Gasteiger partial charge in [-0.3, -0.25) is 0 Å². The summed E-state index contributed by atoms with van der Waals surface area (Å²) in [5.74, 6) is 0.928. The van der Waals surface area contributed by atoms with Crippen molar-refractivity contribution in [1.29, 1.82) is 0 Å². The summed E-state index contributed by atoms with van der Waals surface area (Å²) in [6, 6.07) is 20.5. The van der Waals surface area contributed by atoms with E-state index in [0.717, 1.165) is 29.3 Å². The van der Waals surface area contributed by atoms with Crippen molar-refractivity contribution >= 4 is 34.8 Å². The Bertz CT molecular complexity index is 959. The Morgan fingerprint density at radius 1 is 0.867 bits per heavy atom. The fourth-order valence-electron chi connectivity index (χ4n) is 4.09. The Kier molecular flexibility index (Phi) is 8.21. The Morgan fingerprint density at radius 3 is 2.20 bits per heavy atom. The summed E-state index contributed by atoms with van der Waals surface area (Å²) in [6.07, 6.45) is 1.09. The van der Waals surface area contributed by atoms with E-state index in [2.05, 4.69) is 76.3 Å². The van der Waals surface area contributed by atoms with Gasteiger partial charge in [-0.2, -0.15) is 0 Å². The number of benzene rings is 3. The van der Waals surface area contributed by atoms with Crippen molar-refractivity contribution < 1.29 is 4.74 Å². The van der Waals surface area contributed by atoms with Gasteiger partial charge in [0.2, 0.25) is 0 Å². The van der Waals surface area contributed by atoms with Crippen LogP contribution >= 0.6 is 24.0 Å². The molecular weight excluding hydrogens is 413 g/mol. The van der Waals surface area contributed by atoms with Gasteiger partial charge in [0.15, 0.2) is 0 Å². The van der Waals surface area contributed by atoms with E-state index in [4.69, 9.17) is 16.3 Å². The normalized spacial score (nSPS) is 11.9. The van der Waals surface area contributed by atoms with Crippen LogP contribution in [0.3, 0.4) is 0 Å². The zero-order valence-electron chi connectivity index (χ0n) is 18.6. The minimum atomic E-state index is 0. The molecule has 0 aliphatic carbocycles. The summed E-state index contributed by atoms with van der Waals surface area (Å²) < 4.78 is 6.25. The maximum atomic E-state index is 6.25. The molecule has 0 amide bonds. The summed E-state index contributed by atoms with van der Waals surface area (Å²) in [6.45, 7) is 12.7. The lowest BCUT2D eigenvalue weighted by Gasteiger charge is -2.34. The van der Waals surface area contributed by atoms with Crippen molar-refractivity contribution in [2.45, 2.75) is 59.7 Å². The lowest BCUT2D eigenvalue weighted by molar-refractivity contribution is 0.239. The molecule has 0 bridgehead atoms. The molecule has 0 aliphatic rings. The summed E-state index contributed by atoms with van der Waals surface area (Å²) in [5.41, 5.74) is 2.61. The molecule has 0 unspecified atom stereocenters. The fraction of sp³-hybridized carbons (Fsp3) is 0.385. The molecule has 0 atom stereocenters. The zero-order valence-corrected chi connectivity index (χ0v) is 20.2. The largest absolute Gasteiger partial charge is 0.489 e. The number of halogens is 2. The number of ether oxygens (including phenoxy) is 1. The number of rotatable bonds is 7. The van der Waals surface area contributed by atoms with Gasteiger partial charge in [0.25, 0.3) is 0 Å². The van der Waals surface area contributed by atoms with E-state index in [1.165, 1.54) is 16.3 Å². The van der Waals surface area contributed by atoms with Crippen LogP contribution < -0.4 is 10.1 Å². The highest BCUT2D eigenvalue weighted by Gasteiger charge is 2.25. The van der Waals surface area contributed by atoms with Crippen molar-refractivity contribution in [3.8, 4) is 5.75 Å². The summed E-state index contributed by atoms with van der Waals surface area (Å²) in [5, 5.41) is 6.98. The molecule has 30 heavy (non-hydrogen) atoms. The number of hydrogen-bond donors (Lipinski definition) is 1. The average molecular weight is 446 g/mol. The molecule has 3 rings (SSSR count). The van der Waals surface area contributed by atoms with Crippen LogP contribution in [-0.4, -0.2) is 5.54 Å². The first kappa shape index (κ1) is 24.5.